The molecule has 0 bridgehead atoms. The van der Waals surface area contributed by atoms with Crippen LogP contribution < -0.4 is 10.2 Å². The van der Waals surface area contributed by atoms with Crippen molar-refractivity contribution >= 4 is 96.8 Å². The van der Waals surface area contributed by atoms with Gasteiger partial charge in [0.25, 0.3) is 29.1 Å². The summed E-state index contributed by atoms with van der Waals surface area (Å²) < 4.78 is 1.21. The number of imide groups is 1. The number of thiazole rings is 1. The van der Waals surface area contributed by atoms with Crippen molar-refractivity contribution in [2.75, 3.05) is 4.90 Å². The maximum absolute atomic E-state index is 12.9. The van der Waals surface area contributed by atoms with Gasteiger partial charge >= 0.3 is 0 Å². The van der Waals surface area contributed by atoms with Gasteiger partial charge in [0.2, 0.25) is 0 Å². The van der Waals surface area contributed by atoms with Crippen LogP contribution in [0.4, 0.5) is 22.7 Å². The number of nitro benzene ring substituents is 2. The zero-order valence-corrected chi connectivity index (χ0v) is 26.9. The largest absolute Gasteiger partial charge is 0.300 e. The first-order chi connectivity index (χ1) is 23.0. The molecule has 1 fully saturated rings. The standard InChI is InChI=1S/C32H18N6O7S3/c1-16-6-8-18(14-23(16)37(42)43)33-31-35-28(39)27(46-31)13-17-7-11-25(24(12-17)38(44)45)47-32-34-22-10-9-19(15-26(22)48-32)36-29(40)20-4-2-3-5-21(20)30(36)41/h2-15H,1H3,(H,33,35,39)/b27-13-. The number of fused-ring (bicyclic) bond motifs is 2. The topological polar surface area (TPSA) is 178 Å². The molecule has 3 amide bonds. The third kappa shape index (κ3) is 5.72. The van der Waals surface area contributed by atoms with Crippen molar-refractivity contribution in [2.24, 2.45) is 4.99 Å². The fourth-order valence-electron chi connectivity index (χ4n) is 5.06. The Hall–Kier alpha value is -5.71. The number of hydrogen-bond donors (Lipinski definition) is 1. The van der Waals surface area contributed by atoms with Crippen LogP contribution in [0.5, 0.6) is 0 Å². The molecule has 4 aromatic carbocycles. The van der Waals surface area contributed by atoms with E-state index in [-0.39, 0.29) is 21.4 Å². The molecule has 0 unspecified atom stereocenters. The molecule has 7 rings (SSSR count). The van der Waals surface area contributed by atoms with Gasteiger partial charge in [-0.1, -0.05) is 36.0 Å². The van der Waals surface area contributed by atoms with Crippen LogP contribution in [-0.4, -0.2) is 37.7 Å². The summed E-state index contributed by atoms with van der Waals surface area (Å²) in [7, 11) is 0. The van der Waals surface area contributed by atoms with Crippen LogP contribution in [0.3, 0.4) is 0 Å². The van der Waals surface area contributed by atoms with Gasteiger partial charge in [0, 0.05) is 17.7 Å². The van der Waals surface area contributed by atoms with E-state index in [0.717, 1.165) is 28.4 Å². The smallest absolute Gasteiger partial charge is 0.283 e. The fraction of sp³-hybridized carbons (Fsp3) is 0.0312. The summed E-state index contributed by atoms with van der Waals surface area (Å²) in [5, 5.41) is 26.2. The van der Waals surface area contributed by atoms with E-state index >= 15 is 0 Å². The summed E-state index contributed by atoms with van der Waals surface area (Å²) in [5.41, 5.74) is 2.58. The van der Waals surface area contributed by atoms with Crippen LogP contribution in [0.15, 0.2) is 98.0 Å². The normalized spacial score (nSPS) is 15.9. The van der Waals surface area contributed by atoms with Crippen molar-refractivity contribution in [3.8, 4) is 0 Å². The molecular weight excluding hydrogens is 677 g/mol. The Morgan fingerprint density at radius 2 is 1.62 bits per heavy atom. The molecule has 0 atom stereocenters. The Labute approximate surface area is 282 Å². The van der Waals surface area contributed by atoms with Crippen molar-refractivity contribution in [1.29, 1.82) is 0 Å². The zero-order chi connectivity index (χ0) is 33.7. The lowest BCUT2D eigenvalue weighted by atomic mass is 10.1. The Bertz CT molecular complexity index is 2300. The summed E-state index contributed by atoms with van der Waals surface area (Å²) >= 11 is 3.38. The van der Waals surface area contributed by atoms with Gasteiger partial charge < -0.3 is 5.32 Å². The predicted molar refractivity (Wildman–Crippen MR) is 183 cm³/mol. The van der Waals surface area contributed by atoms with Gasteiger partial charge in [0.15, 0.2) is 9.51 Å². The number of aromatic nitrogens is 1. The van der Waals surface area contributed by atoms with Gasteiger partial charge in [-0.15, -0.1) is 11.3 Å². The molecule has 48 heavy (non-hydrogen) atoms. The number of nitrogens with zero attached hydrogens (tertiary/aromatic N) is 5. The molecule has 2 aliphatic rings. The van der Waals surface area contributed by atoms with Crippen molar-refractivity contribution in [2.45, 2.75) is 16.2 Å². The zero-order valence-electron chi connectivity index (χ0n) is 24.4. The Kier molecular flexibility index (Phi) is 7.82. The maximum Gasteiger partial charge on any atom is 0.283 e. The van der Waals surface area contributed by atoms with Crippen molar-refractivity contribution in [1.82, 2.24) is 10.3 Å². The highest BCUT2D eigenvalue weighted by Crippen LogP contribution is 2.41. The number of thioether (sulfide) groups is 1. The van der Waals surface area contributed by atoms with Crippen molar-refractivity contribution in [3.63, 3.8) is 0 Å². The number of benzene rings is 4. The molecule has 0 saturated carbocycles. The molecular formula is C32H18N6O7S3. The molecule has 5 aromatic rings. The number of hydrogen-bond acceptors (Lipinski definition) is 12. The highest BCUT2D eigenvalue weighted by atomic mass is 32.2. The van der Waals surface area contributed by atoms with E-state index in [9.17, 15) is 34.6 Å². The molecule has 236 valence electrons. The summed E-state index contributed by atoms with van der Waals surface area (Å²) in [5.74, 6) is -1.28. The molecule has 0 spiro atoms. The minimum Gasteiger partial charge on any atom is -0.300 e. The Morgan fingerprint density at radius 1 is 0.896 bits per heavy atom. The molecule has 16 heteroatoms. The lowest BCUT2D eigenvalue weighted by molar-refractivity contribution is -0.387. The molecule has 3 heterocycles. The lowest BCUT2D eigenvalue weighted by Crippen LogP contribution is -2.29. The summed E-state index contributed by atoms with van der Waals surface area (Å²) in [6, 6.07) is 20.7. The fourth-order valence-corrected chi connectivity index (χ4v) is 8.04. The first-order valence-corrected chi connectivity index (χ1v) is 16.4. The highest BCUT2D eigenvalue weighted by Gasteiger charge is 2.36. The molecule has 13 nitrogen and oxygen atoms in total. The Morgan fingerprint density at radius 3 is 2.33 bits per heavy atom. The van der Waals surface area contributed by atoms with E-state index in [2.05, 4.69) is 15.3 Å². The second-order valence-electron chi connectivity index (χ2n) is 10.4. The molecule has 2 aliphatic heterocycles. The third-order valence-corrected chi connectivity index (χ3v) is 10.4. The molecule has 0 aliphatic carbocycles. The number of aryl methyl sites for hydroxylation is 1. The SMILES string of the molecule is Cc1ccc(N=C2NC(=O)/C(=C/c3ccc(Sc4nc5ccc(N6C(=O)c7ccccc7C6=O)cc5s4)c([N+](=O)[O-])c3)S2)cc1[N+](=O)[O-]. The lowest BCUT2D eigenvalue weighted by Gasteiger charge is -2.13. The number of rotatable bonds is 7. The molecule has 0 radical (unpaired) electrons. The van der Waals surface area contributed by atoms with E-state index in [1.165, 1.54) is 29.5 Å². The number of carbonyl (C=O) groups is 3. The second kappa shape index (κ2) is 12.1. The highest BCUT2D eigenvalue weighted by molar-refractivity contribution is 8.18. The number of amides is 3. The average Bonchev–Trinajstić information content (AvgIpc) is 3.70. The van der Waals surface area contributed by atoms with E-state index in [0.29, 0.717) is 53.1 Å². The predicted octanol–water partition coefficient (Wildman–Crippen LogP) is 7.26. The van der Waals surface area contributed by atoms with Crippen LogP contribution in [0, 0.1) is 27.2 Å². The number of anilines is 1. The van der Waals surface area contributed by atoms with Gasteiger partial charge in [0.05, 0.1) is 52.4 Å². The second-order valence-corrected chi connectivity index (χ2v) is 13.8. The van der Waals surface area contributed by atoms with E-state index in [1.54, 1.807) is 73.7 Å². The monoisotopic (exact) mass is 694 g/mol. The average molecular weight is 695 g/mol. The first-order valence-electron chi connectivity index (χ1n) is 13.9. The Balaban J connectivity index is 1.11. The number of aliphatic imine (C=N–C) groups is 1. The van der Waals surface area contributed by atoms with Gasteiger partial charge in [-0.25, -0.2) is 14.9 Å². The van der Waals surface area contributed by atoms with E-state index in [1.807, 2.05) is 0 Å². The number of nitrogens with one attached hydrogen (secondary N) is 1. The van der Waals surface area contributed by atoms with Crippen LogP contribution in [0.1, 0.15) is 31.8 Å². The minimum absolute atomic E-state index is 0.0933. The first kappa shape index (κ1) is 30.9. The maximum atomic E-state index is 12.9. The summed E-state index contributed by atoms with van der Waals surface area (Å²) in [6.45, 7) is 1.61. The minimum atomic E-state index is -0.517. The van der Waals surface area contributed by atoms with E-state index in [4.69, 9.17) is 0 Å². The van der Waals surface area contributed by atoms with Crippen molar-refractivity contribution < 1.29 is 24.2 Å². The van der Waals surface area contributed by atoms with Gasteiger partial charge in [-0.05, 0) is 72.8 Å². The van der Waals surface area contributed by atoms with Crippen LogP contribution >= 0.6 is 34.9 Å². The quantitative estimate of drug-likeness (QED) is 0.0789. The van der Waals surface area contributed by atoms with Gasteiger partial charge in [-0.3, -0.25) is 34.6 Å². The van der Waals surface area contributed by atoms with Crippen molar-refractivity contribution in [3.05, 3.63) is 126 Å². The molecule has 1 saturated heterocycles. The summed E-state index contributed by atoms with van der Waals surface area (Å²) in [6.07, 6.45) is 1.50. The number of carbonyl (C=O) groups excluding carboxylic acids is 3. The molecule has 1 N–H and O–H groups in total. The van der Waals surface area contributed by atoms with Crippen LogP contribution in [0.2, 0.25) is 0 Å². The van der Waals surface area contributed by atoms with Crippen LogP contribution in [-0.2, 0) is 4.79 Å². The number of amidine groups is 1. The van der Waals surface area contributed by atoms with E-state index < -0.39 is 27.6 Å². The van der Waals surface area contributed by atoms with Gasteiger partial charge in [-0.2, -0.15) is 0 Å². The summed E-state index contributed by atoms with van der Waals surface area (Å²) in [4.78, 5) is 71.4. The molecule has 1 aromatic heterocycles. The third-order valence-electron chi connectivity index (χ3n) is 7.35. The van der Waals surface area contributed by atoms with Gasteiger partial charge in [0.1, 0.15) is 0 Å². The number of nitro groups is 2. The van der Waals surface area contributed by atoms with Crippen LogP contribution in [0.25, 0.3) is 16.3 Å².